The molecule has 1 aliphatic heterocycles. The number of allylic oxidation sites excluding steroid dienone is 2. The predicted molar refractivity (Wildman–Crippen MR) is 101 cm³/mol. The minimum atomic E-state index is -0.902. The van der Waals surface area contributed by atoms with E-state index in [0.29, 0.717) is 22.5 Å². The van der Waals surface area contributed by atoms with Gasteiger partial charge in [-0.1, -0.05) is 41.4 Å². The van der Waals surface area contributed by atoms with Gasteiger partial charge in [-0.2, -0.15) is 0 Å². The molecule has 0 radical (unpaired) electrons. The van der Waals surface area contributed by atoms with E-state index < -0.39 is 11.9 Å². The number of nitrogens with one attached hydrogen (secondary N) is 1. The Morgan fingerprint density at radius 1 is 1.11 bits per heavy atom. The maximum Gasteiger partial charge on any atom is 0.247 e. The minimum Gasteiger partial charge on any atom is -0.323 e. The van der Waals surface area contributed by atoms with Crippen molar-refractivity contribution in [2.75, 3.05) is 5.32 Å². The first-order chi connectivity index (χ1) is 12.9. The Hall–Kier alpha value is -1.85. The van der Waals surface area contributed by atoms with Gasteiger partial charge in [-0.15, -0.1) is 0 Å². The molecule has 2 bridgehead atoms. The molecule has 1 aromatic rings. The molecule has 1 N–H and O–H groups in total. The van der Waals surface area contributed by atoms with Crippen LogP contribution in [0.5, 0.6) is 0 Å². The standard InChI is InChI=1S/C20H18Cl2N2O3/c1-8(18(25)23-14-4-2-3-13(21)17(14)22)24-19(26)15-9-5-6-10(12-7-11(9)12)16(15)20(24)27/h2-6,8-12,15-16H,7H2,1H3,(H,23,25)/t8-,9+,10+,11+,12+,15-,16-/m0/s1. The third-order valence-corrected chi connectivity index (χ3v) is 7.49. The van der Waals surface area contributed by atoms with Crippen molar-refractivity contribution in [1.29, 1.82) is 0 Å². The maximum absolute atomic E-state index is 13.1. The summed E-state index contributed by atoms with van der Waals surface area (Å²) in [5.41, 5.74) is 0.362. The fraction of sp³-hybridized carbons (Fsp3) is 0.450. The van der Waals surface area contributed by atoms with Crippen molar-refractivity contribution in [3.63, 3.8) is 0 Å². The van der Waals surface area contributed by atoms with Gasteiger partial charge in [0, 0.05) is 0 Å². The maximum atomic E-state index is 13.1. The fourth-order valence-corrected chi connectivity index (χ4v) is 5.66. The lowest BCUT2D eigenvalue weighted by Crippen LogP contribution is -2.46. The average molecular weight is 405 g/mol. The number of carbonyl (C=O) groups excluding carboxylic acids is 3. The summed E-state index contributed by atoms with van der Waals surface area (Å²) in [6.45, 7) is 1.58. The number of likely N-dealkylation sites (tertiary alicyclic amines) is 1. The van der Waals surface area contributed by atoms with Crippen LogP contribution >= 0.6 is 23.2 Å². The molecule has 7 atom stereocenters. The monoisotopic (exact) mass is 404 g/mol. The van der Waals surface area contributed by atoms with Gasteiger partial charge in [0.2, 0.25) is 17.7 Å². The highest BCUT2D eigenvalue weighted by atomic mass is 35.5. The number of hydrogen-bond donors (Lipinski definition) is 1. The molecule has 1 heterocycles. The first-order valence-corrected chi connectivity index (χ1v) is 9.96. The van der Waals surface area contributed by atoms with E-state index in [1.54, 1.807) is 25.1 Å². The lowest BCUT2D eigenvalue weighted by atomic mass is 9.63. The first kappa shape index (κ1) is 17.3. The Labute approximate surface area is 166 Å². The van der Waals surface area contributed by atoms with Crippen LogP contribution in [0, 0.1) is 35.5 Å². The van der Waals surface area contributed by atoms with E-state index in [0.717, 1.165) is 6.42 Å². The van der Waals surface area contributed by atoms with Crippen LogP contribution in [-0.2, 0) is 14.4 Å². The lowest BCUT2D eigenvalue weighted by Gasteiger charge is -2.37. The highest BCUT2D eigenvalue weighted by Crippen LogP contribution is 2.65. The Morgan fingerprint density at radius 2 is 1.70 bits per heavy atom. The normalized spacial score (nSPS) is 36.5. The van der Waals surface area contributed by atoms with Gasteiger partial charge in [-0.05, 0) is 49.1 Å². The molecule has 7 heteroatoms. The molecule has 1 saturated heterocycles. The Balaban J connectivity index is 1.39. The summed E-state index contributed by atoms with van der Waals surface area (Å²) in [6.07, 6.45) is 5.34. The Morgan fingerprint density at radius 3 is 2.30 bits per heavy atom. The molecule has 5 aliphatic rings. The third kappa shape index (κ3) is 2.34. The topological polar surface area (TPSA) is 66.5 Å². The van der Waals surface area contributed by atoms with Gasteiger partial charge in [0.05, 0.1) is 27.6 Å². The molecule has 0 spiro atoms. The van der Waals surface area contributed by atoms with Gasteiger partial charge in [-0.3, -0.25) is 19.3 Å². The number of anilines is 1. The van der Waals surface area contributed by atoms with Gasteiger partial charge in [0.25, 0.3) is 0 Å². The fourth-order valence-electron chi connectivity index (χ4n) is 5.32. The van der Waals surface area contributed by atoms with Crippen LogP contribution in [0.25, 0.3) is 0 Å². The molecular weight excluding hydrogens is 387 g/mol. The Kier molecular flexibility index (Phi) is 3.72. The molecule has 140 valence electrons. The van der Waals surface area contributed by atoms with Gasteiger partial charge < -0.3 is 5.32 Å². The number of imide groups is 1. The van der Waals surface area contributed by atoms with Crippen LogP contribution in [0.4, 0.5) is 5.69 Å². The molecule has 2 saturated carbocycles. The lowest BCUT2D eigenvalue weighted by molar-refractivity contribution is -0.146. The van der Waals surface area contributed by atoms with E-state index in [9.17, 15) is 14.4 Å². The number of rotatable bonds is 3. The van der Waals surface area contributed by atoms with Crippen LogP contribution < -0.4 is 5.32 Å². The van der Waals surface area contributed by atoms with E-state index in [4.69, 9.17) is 23.2 Å². The van der Waals surface area contributed by atoms with Gasteiger partial charge in [0.1, 0.15) is 6.04 Å². The van der Waals surface area contributed by atoms with E-state index in [2.05, 4.69) is 17.5 Å². The van der Waals surface area contributed by atoms with Crippen molar-refractivity contribution >= 4 is 46.6 Å². The van der Waals surface area contributed by atoms with Crippen molar-refractivity contribution in [3.8, 4) is 0 Å². The first-order valence-electron chi connectivity index (χ1n) is 9.20. The zero-order valence-electron chi connectivity index (χ0n) is 14.6. The molecule has 3 fully saturated rings. The number of hydrogen-bond acceptors (Lipinski definition) is 3. The van der Waals surface area contributed by atoms with Crippen molar-refractivity contribution in [1.82, 2.24) is 4.90 Å². The van der Waals surface area contributed by atoms with E-state index in [1.165, 1.54) is 4.90 Å². The summed E-state index contributed by atoms with van der Waals surface area (Å²) in [7, 11) is 0. The second-order valence-electron chi connectivity index (χ2n) is 7.97. The molecule has 0 aromatic heterocycles. The largest absolute Gasteiger partial charge is 0.323 e. The van der Waals surface area contributed by atoms with Crippen molar-refractivity contribution < 1.29 is 14.4 Å². The quantitative estimate of drug-likeness (QED) is 0.620. The zero-order chi connectivity index (χ0) is 19.0. The number of nitrogens with zero attached hydrogens (tertiary/aromatic N) is 1. The Bertz CT molecular complexity index is 878. The van der Waals surface area contributed by atoms with Crippen LogP contribution in [-0.4, -0.2) is 28.7 Å². The van der Waals surface area contributed by atoms with Crippen LogP contribution in [0.15, 0.2) is 30.4 Å². The molecule has 3 amide bonds. The average Bonchev–Trinajstić information content (AvgIpc) is 3.42. The number of amides is 3. The summed E-state index contributed by atoms with van der Waals surface area (Å²) in [5.74, 6) is -0.135. The van der Waals surface area contributed by atoms with Crippen molar-refractivity contribution in [2.24, 2.45) is 35.5 Å². The summed E-state index contributed by atoms with van der Waals surface area (Å²) >= 11 is 12.1. The number of benzene rings is 1. The minimum absolute atomic E-state index is 0.143. The van der Waals surface area contributed by atoms with Crippen LogP contribution in [0.3, 0.4) is 0 Å². The zero-order valence-corrected chi connectivity index (χ0v) is 16.1. The SMILES string of the molecule is C[C@@H](C(=O)Nc1cccc(Cl)c1Cl)N1C(=O)[C@H]2[C@@H]3C=C[C@H]([C@H]4C[C@H]34)[C@@H]2C1=O. The van der Waals surface area contributed by atoms with E-state index in [-0.39, 0.29) is 40.5 Å². The molecule has 1 aromatic carbocycles. The van der Waals surface area contributed by atoms with E-state index in [1.807, 2.05) is 0 Å². The van der Waals surface area contributed by atoms with Gasteiger partial charge in [0.15, 0.2) is 0 Å². The molecule has 5 nitrogen and oxygen atoms in total. The summed E-state index contributed by atoms with van der Waals surface area (Å²) in [6, 6.07) is 4.02. The summed E-state index contributed by atoms with van der Waals surface area (Å²) in [5, 5.41) is 3.24. The highest BCUT2D eigenvalue weighted by Gasteiger charge is 2.67. The van der Waals surface area contributed by atoms with Crippen molar-refractivity contribution in [3.05, 3.63) is 40.4 Å². The third-order valence-electron chi connectivity index (χ3n) is 6.67. The smallest absolute Gasteiger partial charge is 0.247 e. The van der Waals surface area contributed by atoms with Gasteiger partial charge in [-0.25, -0.2) is 0 Å². The number of carbonyl (C=O) groups is 3. The molecule has 27 heavy (non-hydrogen) atoms. The second kappa shape index (κ2) is 5.82. The molecule has 0 unspecified atom stereocenters. The molecule has 4 aliphatic carbocycles. The second-order valence-corrected chi connectivity index (χ2v) is 8.75. The van der Waals surface area contributed by atoms with Gasteiger partial charge >= 0.3 is 0 Å². The highest BCUT2D eigenvalue weighted by molar-refractivity contribution is 6.44. The van der Waals surface area contributed by atoms with Crippen molar-refractivity contribution in [2.45, 2.75) is 19.4 Å². The van der Waals surface area contributed by atoms with Crippen LogP contribution in [0.1, 0.15) is 13.3 Å². The predicted octanol–water partition coefficient (Wildman–Crippen LogP) is 3.37. The van der Waals surface area contributed by atoms with E-state index >= 15 is 0 Å². The van der Waals surface area contributed by atoms with Crippen LogP contribution in [0.2, 0.25) is 10.0 Å². The molecular formula is C20H18Cl2N2O3. The summed E-state index contributed by atoms with van der Waals surface area (Å²) < 4.78 is 0. The molecule has 6 rings (SSSR count). The summed E-state index contributed by atoms with van der Waals surface area (Å²) in [4.78, 5) is 40.0. The number of halogens is 2.